The SMILES string of the molecule is Cc1cccc(CN(Cc2ccccn2)C(=O)[C@H]2CCN[C@@H](C)C2)c1. The van der Waals surface area contributed by atoms with E-state index in [1.165, 1.54) is 11.1 Å². The van der Waals surface area contributed by atoms with Crippen LogP contribution in [0.5, 0.6) is 0 Å². The van der Waals surface area contributed by atoms with Crippen LogP contribution in [0.3, 0.4) is 0 Å². The summed E-state index contributed by atoms with van der Waals surface area (Å²) in [6.07, 6.45) is 3.61. The molecule has 25 heavy (non-hydrogen) atoms. The minimum Gasteiger partial charge on any atom is -0.332 e. The van der Waals surface area contributed by atoms with Gasteiger partial charge in [0.05, 0.1) is 12.2 Å². The van der Waals surface area contributed by atoms with E-state index in [0.29, 0.717) is 19.1 Å². The molecule has 1 saturated heterocycles. The van der Waals surface area contributed by atoms with Gasteiger partial charge in [-0.25, -0.2) is 0 Å². The maximum Gasteiger partial charge on any atom is 0.226 e. The molecule has 0 saturated carbocycles. The zero-order valence-electron chi connectivity index (χ0n) is 15.1. The number of benzene rings is 1. The van der Waals surface area contributed by atoms with Gasteiger partial charge in [0.2, 0.25) is 5.91 Å². The third-order valence-corrected chi connectivity index (χ3v) is 4.82. The van der Waals surface area contributed by atoms with Crippen molar-refractivity contribution >= 4 is 5.91 Å². The summed E-state index contributed by atoms with van der Waals surface area (Å²) in [4.78, 5) is 19.6. The molecule has 1 aromatic carbocycles. The van der Waals surface area contributed by atoms with Gasteiger partial charge in [0.25, 0.3) is 0 Å². The molecule has 1 N–H and O–H groups in total. The quantitative estimate of drug-likeness (QED) is 0.910. The van der Waals surface area contributed by atoms with E-state index >= 15 is 0 Å². The summed E-state index contributed by atoms with van der Waals surface area (Å²) in [6.45, 7) is 6.35. The average Bonchev–Trinajstić information content (AvgIpc) is 2.61. The lowest BCUT2D eigenvalue weighted by atomic mass is 9.91. The van der Waals surface area contributed by atoms with Gasteiger partial charge in [0.15, 0.2) is 0 Å². The van der Waals surface area contributed by atoms with E-state index in [1.54, 1.807) is 6.20 Å². The van der Waals surface area contributed by atoms with Crippen LogP contribution in [0.15, 0.2) is 48.7 Å². The van der Waals surface area contributed by atoms with Crippen molar-refractivity contribution in [3.05, 3.63) is 65.5 Å². The first-order valence-electron chi connectivity index (χ1n) is 9.09. The summed E-state index contributed by atoms with van der Waals surface area (Å²) in [5, 5.41) is 3.43. The monoisotopic (exact) mass is 337 g/mol. The van der Waals surface area contributed by atoms with Crippen molar-refractivity contribution in [3.8, 4) is 0 Å². The number of nitrogens with one attached hydrogen (secondary N) is 1. The molecular formula is C21H27N3O. The Hall–Kier alpha value is -2.20. The zero-order chi connectivity index (χ0) is 17.6. The van der Waals surface area contributed by atoms with E-state index < -0.39 is 0 Å². The van der Waals surface area contributed by atoms with Crippen LogP contribution in [-0.4, -0.2) is 28.4 Å². The van der Waals surface area contributed by atoms with E-state index in [2.05, 4.69) is 48.4 Å². The van der Waals surface area contributed by atoms with E-state index in [-0.39, 0.29) is 11.8 Å². The highest BCUT2D eigenvalue weighted by molar-refractivity contribution is 5.79. The highest BCUT2D eigenvalue weighted by Gasteiger charge is 2.28. The molecule has 3 rings (SSSR count). The number of aromatic nitrogens is 1. The molecule has 132 valence electrons. The fourth-order valence-electron chi connectivity index (χ4n) is 3.54. The molecular weight excluding hydrogens is 310 g/mol. The van der Waals surface area contributed by atoms with Gasteiger partial charge in [-0.15, -0.1) is 0 Å². The second-order valence-corrected chi connectivity index (χ2v) is 7.08. The molecule has 1 amide bonds. The number of amides is 1. The Balaban J connectivity index is 1.79. The average molecular weight is 337 g/mol. The van der Waals surface area contributed by atoms with Crippen molar-refractivity contribution in [3.63, 3.8) is 0 Å². The van der Waals surface area contributed by atoms with Crippen LogP contribution in [0, 0.1) is 12.8 Å². The predicted molar refractivity (Wildman–Crippen MR) is 99.9 cm³/mol. The van der Waals surface area contributed by atoms with Crippen LogP contribution in [0.25, 0.3) is 0 Å². The normalized spacial score (nSPS) is 20.2. The Morgan fingerprint density at radius 1 is 1.24 bits per heavy atom. The van der Waals surface area contributed by atoms with Gasteiger partial charge in [-0.3, -0.25) is 9.78 Å². The number of nitrogens with zero attached hydrogens (tertiary/aromatic N) is 2. The van der Waals surface area contributed by atoms with Crippen molar-refractivity contribution < 1.29 is 4.79 Å². The van der Waals surface area contributed by atoms with E-state index in [1.807, 2.05) is 23.1 Å². The number of carbonyl (C=O) groups excluding carboxylic acids is 1. The van der Waals surface area contributed by atoms with Gasteiger partial charge in [-0.05, 0) is 50.9 Å². The van der Waals surface area contributed by atoms with Crippen LogP contribution in [0.2, 0.25) is 0 Å². The fourth-order valence-corrected chi connectivity index (χ4v) is 3.54. The molecule has 0 bridgehead atoms. The Kier molecular flexibility index (Phi) is 5.82. The van der Waals surface area contributed by atoms with E-state index in [4.69, 9.17) is 0 Å². The third kappa shape index (κ3) is 4.89. The fraction of sp³-hybridized carbons (Fsp3) is 0.429. The summed E-state index contributed by atoms with van der Waals surface area (Å²) in [5.74, 6) is 0.352. The molecule has 0 aliphatic carbocycles. The number of carbonyl (C=O) groups is 1. The number of piperidine rings is 1. The molecule has 0 spiro atoms. The Morgan fingerprint density at radius 2 is 2.12 bits per heavy atom. The van der Waals surface area contributed by atoms with Gasteiger partial charge in [-0.2, -0.15) is 0 Å². The lowest BCUT2D eigenvalue weighted by molar-refractivity contribution is -0.138. The third-order valence-electron chi connectivity index (χ3n) is 4.82. The molecule has 4 nitrogen and oxygen atoms in total. The molecule has 1 aliphatic rings. The summed E-state index contributed by atoms with van der Waals surface area (Å²) in [6, 6.07) is 14.7. The summed E-state index contributed by atoms with van der Waals surface area (Å²) in [5.41, 5.74) is 3.33. The number of hydrogen-bond donors (Lipinski definition) is 1. The van der Waals surface area contributed by atoms with Crippen molar-refractivity contribution in [2.75, 3.05) is 6.54 Å². The second kappa shape index (κ2) is 8.26. The lowest BCUT2D eigenvalue weighted by Gasteiger charge is -2.32. The van der Waals surface area contributed by atoms with Crippen LogP contribution >= 0.6 is 0 Å². The summed E-state index contributed by atoms with van der Waals surface area (Å²) < 4.78 is 0. The van der Waals surface area contributed by atoms with Crippen LogP contribution in [0.1, 0.15) is 36.6 Å². The highest BCUT2D eigenvalue weighted by atomic mass is 16.2. The van der Waals surface area contributed by atoms with Crippen molar-refractivity contribution in [1.82, 2.24) is 15.2 Å². The number of rotatable bonds is 5. The Bertz CT molecular complexity index is 701. The Morgan fingerprint density at radius 3 is 2.84 bits per heavy atom. The minimum absolute atomic E-state index is 0.102. The number of aryl methyl sites for hydroxylation is 1. The molecule has 1 aliphatic heterocycles. The molecule has 0 radical (unpaired) electrons. The number of hydrogen-bond acceptors (Lipinski definition) is 3. The second-order valence-electron chi connectivity index (χ2n) is 7.08. The highest BCUT2D eigenvalue weighted by Crippen LogP contribution is 2.21. The van der Waals surface area contributed by atoms with Gasteiger partial charge in [-0.1, -0.05) is 35.9 Å². The molecule has 1 fully saturated rings. The summed E-state index contributed by atoms with van der Waals surface area (Å²) in [7, 11) is 0. The first-order valence-corrected chi connectivity index (χ1v) is 9.09. The lowest BCUT2D eigenvalue weighted by Crippen LogP contribution is -2.43. The molecule has 2 atom stereocenters. The number of pyridine rings is 1. The zero-order valence-corrected chi connectivity index (χ0v) is 15.1. The van der Waals surface area contributed by atoms with Crippen LogP contribution in [-0.2, 0) is 17.9 Å². The van der Waals surface area contributed by atoms with Crippen molar-refractivity contribution in [2.45, 2.75) is 45.8 Å². The molecule has 4 heteroatoms. The largest absolute Gasteiger partial charge is 0.332 e. The molecule has 2 heterocycles. The van der Waals surface area contributed by atoms with Crippen LogP contribution < -0.4 is 5.32 Å². The molecule has 0 unspecified atom stereocenters. The Labute approximate surface area is 150 Å². The molecule has 1 aromatic heterocycles. The van der Waals surface area contributed by atoms with Gasteiger partial charge < -0.3 is 10.2 Å². The predicted octanol–water partition coefficient (Wildman–Crippen LogP) is 3.31. The topological polar surface area (TPSA) is 45.2 Å². The maximum absolute atomic E-state index is 13.2. The van der Waals surface area contributed by atoms with Gasteiger partial charge in [0, 0.05) is 24.7 Å². The van der Waals surface area contributed by atoms with Crippen LogP contribution in [0.4, 0.5) is 0 Å². The standard InChI is InChI=1S/C21H27N3O/c1-16-6-5-7-18(12-16)14-24(15-20-8-3-4-10-23-20)21(25)19-9-11-22-17(2)13-19/h3-8,10,12,17,19,22H,9,11,13-15H2,1-2H3/t17-,19-/m0/s1. The van der Waals surface area contributed by atoms with Crippen molar-refractivity contribution in [1.29, 1.82) is 0 Å². The van der Waals surface area contributed by atoms with Gasteiger partial charge in [0.1, 0.15) is 0 Å². The first-order chi connectivity index (χ1) is 12.1. The maximum atomic E-state index is 13.2. The van der Waals surface area contributed by atoms with Crippen molar-refractivity contribution in [2.24, 2.45) is 5.92 Å². The molecule has 2 aromatic rings. The van der Waals surface area contributed by atoms with E-state index in [0.717, 1.165) is 25.1 Å². The summed E-state index contributed by atoms with van der Waals surface area (Å²) >= 11 is 0. The van der Waals surface area contributed by atoms with E-state index in [9.17, 15) is 4.79 Å². The van der Waals surface area contributed by atoms with Gasteiger partial charge >= 0.3 is 0 Å². The first kappa shape index (κ1) is 17.6. The minimum atomic E-state index is 0.102. The smallest absolute Gasteiger partial charge is 0.226 e.